The first-order valence-electron chi connectivity index (χ1n) is 7.19. The lowest BCUT2D eigenvalue weighted by molar-refractivity contribution is 0.100. The van der Waals surface area contributed by atoms with Crippen LogP contribution in [0.15, 0.2) is 36.5 Å². The van der Waals surface area contributed by atoms with Gasteiger partial charge in [-0.3, -0.25) is 9.48 Å². The Morgan fingerprint density at radius 1 is 1.45 bits per heavy atom. The van der Waals surface area contributed by atoms with Crippen molar-refractivity contribution < 1.29 is 4.79 Å². The maximum atomic E-state index is 11.6. The van der Waals surface area contributed by atoms with E-state index in [2.05, 4.69) is 23.4 Å². The van der Waals surface area contributed by atoms with Gasteiger partial charge in [-0.05, 0) is 24.0 Å². The van der Waals surface area contributed by atoms with E-state index in [1.54, 1.807) is 10.9 Å². The zero-order valence-corrected chi connectivity index (χ0v) is 12.2. The fourth-order valence-electron chi connectivity index (χ4n) is 2.85. The fraction of sp³-hybridized carbons (Fsp3) is 0.312. The number of nitrogens with zero attached hydrogens (tertiary/aromatic N) is 3. The lowest BCUT2D eigenvalue weighted by Gasteiger charge is -2.03. The van der Waals surface area contributed by atoms with Gasteiger partial charge in [0.1, 0.15) is 5.56 Å². The summed E-state index contributed by atoms with van der Waals surface area (Å²) in [6.07, 6.45) is 2.17. The predicted octanol–water partition coefficient (Wildman–Crippen LogP) is 2.45. The van der Waals surface area contributed by atoms with E-state index >= 15 is 0 Å². The van der Waals surface area contributed by atoms with Gasteiger partial charge in [-0.2, -0.15) is 10.4 Å². The molecule has 1 amide bonds. The Balaban J connectivity index is 1.87. The van der Waals surface area contributed by atoms with Gasteiger partial charge in [0.15, 0.2) is 5.82 Å². The van der Waals surface area contributed by atoms with Gasteiger partial charge in [-0.1, -0.05) is 25.1 Å². The van der Waals surface area contributed by atoms with Crippen LogP contribution in [-0.4, -0.2) is 15.7 Å². The second-order valence-corrected chi connectivity index (χ2v) is 5.60. The summed E-state index contributed by atoms with van der Waals surface area (Å²) in [6, 6.07) is 11.8. The van der Waals surface area contributed by atoms with E-state index < -0.39 is 5.91 Å². The fourth-order valence-corrected chi connectivity index (χ4v) is 2.85. The van der Waals surface area contributed by atoms with Crippen LogP contribution in [0.25, 0.3) is 0 Å². The number of nitriles is 1. The number of aromatic nitrogens is 2. The predicted molar refractivity (Wildman–Crippen MR) is 82.4 cm³/mol. The van der Waals surface area contributed by atoms with Gasteiger partial charge < -0.3 is 11.1 Å². The smallest absolute Gasteiger partial charge is 0.254 e. The highest BCUT2D eigenvalue weighted by Crippen LogP contribution is 2.52. The first kappa shape index (κ1) is 14.1. The van der Waals surface area contributed by atoms with Gasteiger partial charge in [0.2, 0.25) is 0 Å². The van der Waals surface area contributed by atoms with Crippen molar-refractivity contribution in [3.8, 4) is 6.07 Å². The Morgan fingerprint density at radius 2 is 2.18 bits per heavy atom. The van der Waals surface area contributed by atoms with Crippen LogP contribution in [0, 0.1) is 23.2 Å². The van der Waals surface area contributed by atoms with E-state index in [0.29, 0.717) is 23.7 Å². The van der Waals surface area contributed by atoms with E-state index in [1.165, 1.54) is 0 Å². The van der Waals surface area contributed by atoms with Crippen molar-refractivity contribution in [2.75, 3.05) is 5.32 Å². The molecular weight excluding hydrogens is 278 g/mol. The number of para-hydroxylation sites is 1. The average Bonchev–Trinajstić information content (AvgIpc) is 2.95. The maximum Gasteiger partial charge on any atom is 0.254 e. The molecule has 1 aromatic carbocycles. The Hall–Kier alpha value is -2.81. The Morgan fingerprint density at radius 3 is 2.82 bits per heavy atom. The molecule has 3 N–H and O–H groups in total. The minimum absolute atomic E-state index is 0.157. The van der Waals surface area contributed by atoms with E-state index in [1.807, 2.05) is 30.3 Å². The summed E-state index contributed by atoms with van der Waals surface area (Å²) in [5, 5.41) is 16.4. The summed E-state index contributed by atoms with van der Waals surface area (Å²) >= 11 is 0. The third-order valence-corrected chi connectivity index (χ3v) is 4.18. The van der Waals surface area contributed by atoms with Gasteiger partial charge in [-0.15, -0.1) is 0 Å². The quantitative estimate of drug-likeness (QED) is 0.885. The van der Waals surface area contributed by atoms with E-state index in [9.17, 15) is 4.79 Å². The molecule has 22 heavy (non-hydrogen) atoms. The zero-order chi connectivity index (χ0) is 15.7. The summed E-state index contributed by atoms with van der Waals surface area (Å²) in [5.74, 6) is 0.600. The number of amides is 1. The van der Waals surface area contributed by atoms with Crippen molar-refractivity contribution in [1.82, 2.24) is 9.78 Å². The number of anilines is 2. The normalized spacial score (nSPS) is 22.8. The molecule has 6 heteroatoms. The van der Waals surface area contributed by atoms with Gasteiger partial charge >= 0.3 is 0 Å². The molecular formula is C16H17N5O. The molecule has 0 spiro atoms. The highest BCUT2D eigenvalue weighted by atomic mass is 16.1. The molecule has 3 unspecified atom stereocenters. The molecule has 0 aliphatic heterocycles. The molecule has 6 nitrogen and oxygen atoms in total. The van der Waals surface area contributed by atoms with E-state index in [-0.39, 0.29) is 12.0 Å². The molecule has 112 valence electrons. The van der Waals surface area contributed by atoms with Crippen LogP contribution < -0.4 is 11.1 Å². The minimum atomic E-state index is -0.519. The van der Waals surface area contributed by atoms with Crippen LogP contribution in [0.3, 0.4) is 0 Å². The monoisotopic (exact) mass is 295 g/mol. The van der Waals surface area contributed by atoms with Crippen LogP contribution in [0.5, 0.6) is 0 Å². The SMILES string of the molecule is CC1C(CC#N)C1n1cc(C(N)=O)c(Nc2ccccc2)n1. The minimum Gasteiger partial charge on any atom is -0.365 e. The third kappa shape index (κ3) is 2.53. The van der Waals surface area contributed by atoms with Crippen LogP contribution in [0.4, 0.5) is 11.5 Å². The van der Waals surface area contributed by atoms with Crippen molar-refractivity contribution in [2.24, 2.45) is 17.6 Å². The molecule has 2 aromatic rings. The standard InChI is InChI=1S/C16H17N5O/c1-10-12(7-8-17)14(10)21-9-13(15(18)22)16(20-21)19-11-5-3-2-4-6-11/h2-6,9-10,12,14H,7H2,1H3,(H2,18,22)(H,19,20). The van der Waals surface area contributed by atoms with Crippen LogP contribution in [0.1, 0.15) is 29.7 Å². The third-order valence-electron chi connectivity index (χ3n) is 4.18. The Bertz CT molecular complexity index is 731. The summed E-state index contributed by atoms with van der Waals surface area (Å²) in [6.45, 7) is 2.09. The average molecular weight is 295 g/mol. The number of carbonyl (C=O) groups is 1. The van der Waals surface area contributed by atoms with Gasteiger partial charge in [0.25, 0.3) is 5.91 Å². The number of hydrogen-bond acceptors (Lipinski definition) is 4. The van der Waals surface area contributed by atoms with Crippen LogP contribution >= 0.6 is 0 Å². The number of rotatable bonds is 5. The summed E-state index contributed by atoms with van der Waals surface area (Å²) < 4.78 is 1.76. The van der Waals surface area contributed by atoms with Crippen molar-refractivity contribution in [1.29, 1.82) is 5.26 Å². The van der Waals surface area contributed by atoms with Gasteiger partial charge in [0.05, 0.1) is 12.1 Å². The Kier molecular flexibility index (Phi) is 3.55. The molecule has 0 radical (unpaired) electrons. The lowest BCUT2D eigenvalue weighted by Crippen LogP contribution is -2.12. The van der Waals surface area contributed by atoms with Crippen molar-refractivity contribution in [3.05, 3.63) is 42.1 Å². The second-order valence-electron chi connectivity index (χ2n) is 5.60. The number of benzene rings is 1. The molecule has 1 aromatic heterocycles. The lowest BCUT2D eigenvalue weighted by atomic mass is 10.3. The molecule has 1 aliphatic carbocycles. The molecule has 0 bridgehead atoms. The molecule has 0 saturated heterocycles. The van der Waals surface area contributed by atoms with Crippen molar-refractivity contribution in [2.45, 2.75) is 19.4 Å². The number of nitrogens with one attached hydrogen (secondary N) is 1. The first-order valence-corrected chi connectivity index (χ1v) is 7.19. The van der Waals surface area contributed by atoms with Crippen LogP contribution in [0.2, 0.25) is 0 Å². The highest BCUT2D eigenvalue weighted by Gasteiger charge is 2.48. The molecule has 1 aliphatic rings. The largest absolute Gasteiger partial charge is 0.365 e. The molecule has 1 fully saturated rings. The molecule has 1 heterocycles. The van der Waals surface area contributed by atoms with Gasteiger partial charge in [0, 0.05) is 18.3 Å². The summed E-state index contributed by atoms with van der Waals surface area (Å²) in [5.41, 5.74) is 6.65. The zero-order valence-electron chi connectivity index (χ0n) is 12.2. The molecule has 3 rings (SSSR count). The van der Waals surface area contributed by atoms with Gasteiger partial charge in [-0.25, -0.2) is 0 Å². The summed E-state index contributed by atoms with van der Waals surface area (Å²) in [7, 11) is 0. The highest BCUT2D eigenvalue weighted by molar-refractivity contribution is 5.98. The number of primary amides is 1. The molecule has 3 atom stereocenters. The van der Waals surface area contributed by atoms with Crippen molar-refractivity contribution in [3.63, 3.8) is 0 Å². The first-order chi connectivity index (χ1) is 10.6. The van der Waals surface area contributed by atoms with Crippen molar-refractivity contribution >= 4 is 17.4 Å². The maximum absolute atomic E-state index is 11.6. The number of carbonyl (C=O) groups excluding carboxylic acids is 1. The second kappa shape index (κ2) is 5.53. The topological polar surface area (TPSA) is 96.7 Å². The Labute approximate surface area is 128 Å². The van der Waals surface area contributed by atoms with E-state index in [4.69, 9.17) is 11.0 Å². The molecule has 1 saturated carbocycles. The van der Waals surface area contributed by atoms with E-state index in [0.717, 1.165) is 5.69 Å². The van der Waals surface area contributed by atoms with Crippen LogP contribution in [-0.2, 0) is 0 Å². The summed E-state index contributed by atoms with van der Waals surface area (Å²) in [4.78, 5) is 11.6. The number of hydrogen-bond donors (Lipinski definition) is 2. The number of nitrogens with two attached hydrogens (primary N) is 1.